The number of carbonyl (C=O) groups excluding carboxylic acids is 1. The van der Waals surface area contributed by atoms with E-state index < -0.39 is 0 Å². The van der Waals surface area contributed by atoms with E-state index in [0.29, 0.717) is 6.61 Å². The van der Waals surface area contributed by atoms with E-state index in [1.54, 1.807) is 25.4 Å². The normalized spacial score (nSPS) is 12.1. The molecule has 2 aromatic heterocycles. The zero-order chi connectivity index (χ0) is 17.8. The first kappa shape index (κ1) is 17.7. The van der Waals surface area contributed by atoms with Crippen LogP contribution in [0.2, 0.25) is 0 Å². The van der Waals surface area contributed by atoms with Gasteiger partial charge in [0.2, 0.25) is 0 Å². The molecule has 5 nitrogen and oxygen atoms in total. The van der Waals surface area contributed by atoms with Crippen molar-refractivity contribution in [2.75, 3.05) is 13.7 Å². The highest BCUT2D eigenvalue weighted by Gasteiger charge is 2.20. The fourth-order valence-corrected chi connectivity index (χ4v) is 4.31. The quantitative estimate of drug-likeness (QED) is 0.362. The Hall–Kier alpha value is -2.12. The molecule has 0 aliphatic rings. The summed E-state index contributed by atoms with van der Waals surface area (Å²) in [4.78, 5) is 21.6. The van der Waals surface area contributed by atoms with Crippen molar-refractivity contribution in [3.8, 4) is 16.9 Å². The van der Waals surface area contributed by atoms with Crippen molar-refractivity contribution < 1.29 is 14.3 Å². The summed E-state index contributed by atoms with van der Waals surface area (Å²) < 4.78 is 10.3. The van der Waals surface area contributed by atoms with Crippen LogP contribution >= 0.6 is 23.1 Å². The summed E-state index contributed by atoms with van der Waals surface area (Å²) >= 11 is 2.97. The lowest BCUT2D eigenvalue weighted by molar-refractivity contribution is -0.142. The molecule has 0 amide bonds. The molecule has 7 heteroatoms. The van der Waals surface area contributed by atoms with Gasteiger partial charge in [0, 0.05) is 10.9 Å². The number of nitrogens with zero attached hydrogens (tertiary/aromatic N) is 2. The molecule has 0 aliphatic heterocycles. The molecule has 25 heavy (non-hydrogen) atoms. The molecule has 0 saturated heterocycles. The van der Waals surface area contributed by atoms with Crippen LogP contribution in [0.3, 0.4) is 0 Å². The lowest BCUT2D eigenvalue weighted by atomic mass is 10.1. The van der Waals surface area contributed by atoms with Crippen LogP contribution in [-0.4, -0.2) is 34.9 Å². The number of ether oxygens (including phenoxy) is 2. The smallest absolute Gasteiger partial charge is 0.319 e. The number of thiophene rings is 1. The van der Waals surface area contributed by atoms with Gasteiger partial charge in [-0.3, -0.25) is 4.79 Å². The van der Waals surface area contributed by atoms with Gasteiger partial charge in [0.15, 0.2) is 0 Å². The van der Waals surface area contributed by atoms with Gasteiger partial charge in [0.1, 0.15) is 27.2 Å². The number of rotatable bonds is 6. The summed E-state index contributed by atoms with van der Waals surface area (Å²) in [6.45, 7) is 4.01. The molecule has 0 aliphatic carbocycles. The predicted octanol–water partition coefficient (Wildman–Crippen LogP) is 4.41. The Labute approximate surface area is 154 Å². The summed E-state index contributed by atoms with van der Waals surface area (Å²) in [6.07, 6.45) is 1.54. The summed E-state index contributed by atoms with van der Waals surface area (Å²) in [5.74, 6) is 0.575. The average Bonchev–Trinajstić information content (AvgIpc) is 3.07. The lowest BCUT2D eigenvalue weighted by Gasteiger charge is -2.11. The summed E-state index contributed by atoms with van der Waals surface area (Å²) in [6, 6.07) is 7.88. The van der Waals surface area contributed by atoms with Crippen LogP contribution in [0.25, 0.3) is 21.3 Å². The second-order valence-electron chi connectivity index (χ2n) is 5.25. The van der Waals surface area contributed by atoms with Crippen LogP contribution in [0.1, 0.15) is 13.8 Å². The molecule has 1 atom stereocenters. The molecule has 0 fully saturated rings. The van der Waals surface area contributed by atoms with E-state index in [0.717, 1.165) is 32.1 Å². The number of thioether (sulfide) groups is 1. The fraction of sp³-hybridized carbons (Fsp3) is 0.278. The van der Waals surface area contributed by atoms with E-state index in [4.69, 9.17) is 9.47 Å². The van der Waals surface area contributed by atoms with E-state index >= 15 is 0 Å². The largest absolute Gasteiger partial charge is 0.497 e. The van der Waals surface area contributed by atoms with Gasteiger partial charge in [-0.05, 0) is 31.5 Å². The standard InChI is InChI=1S/C18H18N2O3S2/c1-4-23-18(21)11(2)25-17-15-14(9-24-16(15)19-10-20-17)12-5-7-13(22-3)8-6-12/h5-11H,4H2,1-3H3/t11-/m0/s1. The Kier molecular flexibility index (Phi) is 5.55. The highest BCUT2D eigenvalue weighted by atomic mass is 32.2. The van der Waals surface area contributed by atoms with Crippen LogP contribution < -0.4 is 4.74 Å². The number of benzene rings is 1. The lowest BCUT2D eigenvalue weighted by Crippen LogP contribution is -2.16. The van der Waals surface area contributed by atoms with Crippen LogP contribution in [0.5, 0.6) is 5.75 Å². The highest BCUT2D eigenvalue weighted by Crippen LogP contribution is 2.39. The molecule has 0 spiro atoms. The van der Waals surface area contributed by atoms with Crippen molar-refractivity contribution in [3.63, 3.8) is 0 Å². The van der Waals surface area contributed by atoms with Gasteiger partial charge < -0.3 is 9.47 Å². The Bertz CT molecular complexity index is 878. The maximum absolute atomic E-state index is 11.9. The first-order chi connectivity index (χ1) is 12.1. The molecular weight excluding hydrogens is 356 g/mol. The number of hydrogen-bond donors (Lipinski definition) is 0. The number of fused-ring (bicyclic) bond motifs is 1. The van der Waals surface area contributed by atoms with Gasteiger partial charge in [-0.1, -0.05) is 23.9 Å². The minimum absolute atomic E-state index is 0.236. The van der Waals surface area contributed by atoms with Crippen LogP contribution in [0.15, 0.2) is 41.0 Å². The Morgan fingerprint density at radius 1 is 1.28 bits per heavy atom. The second kappa shape index (κ2) is 7.84. The third kappa shape index (κ3) is 3.77. The Morgan fingerprint density at radius 3 is 2.72 bits per heavy atom. The maximum atomic E-state index is 11.9. The topological polar surface area (TPSA) is 61.3 Å². The molecule has 1 aromatic carbocycles. The molecule has 0 bridgehead atoms. The molecule has 0 N–H and O–H groups in total. The summed E-state index contributed by atoms with van der Waals surface area (Å²) in [5.41, 5.74) is 2.12. The molecule has 0 unspecified atom stereocenters. The first-order valence-corrected chi connectivity index (χ1v) is 9.60. The number of methoxy groups -OCH3 is 1. The summed E-state index contributed by atoms with van der Waals surface area (Å²) in [7, 11) is 1.65. The summed E-state index contributed by atoms with van der Waals surface area (Å²) in [5, 5.41) is 3.50. The first-order valence-electron chi connectivity index (χ1n) is 7.84. The fourth-order valence-electron chi connectivity index (χ4n) is 2.40. The number of esters is 1. The van der Waals surface area contributed by atoms with E-state index in [1.165, 1.54) is 18.1 Å². The molecular formula is C18H18N2O3S2. The average molecular weight is 374 g/mol. The molecule has 130 valence electrons. The van der Waals surface area contributed by atoms with Gasteiger partial charge in [-0.15, -0.1) is 11.3 Å². The third-order valence-electron chi connectivity index (χ3n) is 3.64. The Balaban J connectivity index is 1.99. The number of hydrogen-bond acceptors (Lipinski definition) is 7. The van der Waals surface area contributed by atoms with Gasteiger partial charge in [0.25, 0.3) is 0 Å². The monoisotopic (exact) mass is 374 g/mol. The van der Waals surface area contributed by atoms with Crippen LogP contribution in [0, 0.1) is 0 Å². The van der Waals surface area contributed by atoms with Crippen LogP contribution in [0.4, 0.5) is 0 Å². The van der Waals surface area contributed by atoms with E-state index in [9.17, 15) is 4.79 Å². The van der Waals surface area contributed by atoms with Crippen LogP contribution in [-0.2, 0) is 9.53 Å². The predicted molar refractivity (Wildman–Crippen MR) is 101 cm³/mol. The van der Waals surface area contributed by atoms with Crippen molar-refractivity contribution in [3.05, 3.63) is 36.0 Å². The minimum Gasteiger partial charge on any atom is -0.497 e. The van der Waals surface area contributed by atoms with E-state index in [2.05, 4.69) is 15.3 Å². The van der Waals surface area contributed by atoms with Crippen molar-refractivity contribution in [1.29, 1.82) is 0 Å². The van der Waals surface area contributed by atoms with Crippen molar-refractivity contribution in [2.24, 2.45) is 0 Å². The van der Waals surface area contributed by atoms with Crippen molar-refractivity contribution in [1.82, 2.24) is 9.97 Å². The molecule has 3 rings (SSSR count). The van der Waals surface area contributed by atoms with E-state index in [1.807, 2.05) is 31.2 Å². The Morgan fingerprint density at radius 2 is 2.04 bits per heavy atom. The third-order valence-corrected chi connectivity index (χ3v) is 5.61. The molecule has 2 heterocycles. The maximum Gasteiger partial charge on any atom is 0.319 e. The van der Waals surface area contributed by atoms with E-state index in [-0.39, 0.29) is 11.2 Å². The molecule has 3 aromatic rings. The zero-order valence-corrected chi connectivity index (χ0v) is 15.8. The molecule has 0 saturated carbocycles. The van der Waals surface area contributed by atoms with Gasteiger partial charge >= 0.3 is 5.97 Å². The van der Waals surface area contributed by atoms with Gasteiger partial charge in [-0.25, -0.2) is 9.97 Å². The van der Waals surface area contributed by atoms with Gasteiger partial charge in [-0.2, -0.15) is 0 Å². The van der Waals surface area contributed by atoms with Gasteiger partial charge in [0.05, 0.1) is 19.1 Å². The van der Waals surface area contributed by atoms with Crippen molar-refractivity contribution in [2.45, 2.75) is 24.1 Å². The molecule has 0 radical (unpaired) electrons. The SMILES string of the molecule is CCOC(=O)[C@H](C)Sc1ncnc2scc(-c3ccc(OC)cc3)c12. The number of aromatic nitrogens is 2. The van der Waals surface area contributed by atoms with Crippen molar-refractivity contribution >= 4 is 39.3 Å². The number of carbonyl (C=O) groups is 1. The zero-order valence-electron chi connectivity index (χ0n) is 14.2. The second-order valence-corrected chi connectivity index (χ2v) is 7.44. The highest BCUT2D eigenvalue weighted by molar-refractivity contribution is 8.00. The minimum atomic E-state index is -0.332.